The average molecular weight is 516 g/mol. The predicted octanol–water partition coefficient (Wildman–Crippen LogP) is 3.88. The Morgan fingerprint density at radius 2 is 1.76 bits per heavy atom. The summed E-state index contributed by atoms with van der Waals surface area (Å²) in [4.78, 5) is 20.1. The van der Waals surface area contributed by atoms with Crippen LogP contribution in [0, 0.1) is 19.8 Å². The van der Waals surface area contributed by atoms with Crippen molar-refractivity contribution >= 4 is 17.2 Å². The molecule has 0 aliphatic carbocycles. The standard InChI is InChI=1S/C29H33N5O4/c1-18-15-23(33-14-13-22(17-33)29(38-5,28(30)35)21-9-7-6-8-10-21)27-31-19(2)26(34(27)32-18)20-11-12-24(36-3)25(16-20)37-4/h6-12,15-16,22H,13-14,17H2,1-5H3,(H2,30,35)/t22-,29?/m1/s1. The molecule has 1 aliphatic heterocycles. The van der Waals surface area contributed by atoms with Gasteiger partial charge in [-0.2, -0.15) is 5.10 Å². The number of ether oxygens (including phenoxy) is 3. The third kappa shape index (κ3) is 4.03. The van der Waals surface area contributed by atoms with Gasteiger partial charge in [0, 0.05) is 31.7 Å². The van der Waals surface area contributed by atoms with Crippen LogP contribution in [0.1, 0.15) is 23.4 Å². The van der Waals surface area contributed by atoms with Gasteiger partial charge in [-0.3, -0.25) is 4.79 Å². The van der Waals surface area contributed by atoms with Crippen LogP contribution in [-0.4, -0.2) is 54.9 Å². The molecule has 2 aromatic carbocycles. The summed E-state index contributed by atoms with van der Waals surface area (Å²) in [6.45, 7) is 5.26. The molecule has 38 heavy (non-hydrogen) atoms. The lowest BCUT2D eigenvalue weighted by atomic mass is 9.79. The van der Waals surface area contributed by atoms with E-state index in [4.69, 9.17) is 30.0 Å². The van der Waals surface area contributed by atoms with E-state index in [1.165, 1.54) is 0 Å². The molecule has 198 valence electrons. The van der Waals surface area contributed by atoms with Gasteiger partial charge in [-0.05, 0) is 50.1 Å². The minimum absolute atomic E-state index is 0.137. The molecule has 0 saturated carbocycles. The molecule has 0 bridgehead atoms. The maximum absolute atomic E-state index is 12.9. The molecule has 2 aromatic heterocycles. The first-order valence-corrected chi connectivity index (χ1v) is 12.6. The second-order valence-corrected chi connectivity index (χ2v) is 9.62. The molecular weight excluding hydrogens is 482 g/mol. The van der Waals surface area contributed by atoms with E-state index in [1.807, 2.05) is 73.0 Å². The molecule has 1 unspecified atom stereocenters. The van der Waals surface area contributed by atoms with E-state index in [9.17, 15) is 4.79 Å². The number of anilines is 1. The van der Waals surface area contributed by atoms with Crippen LogP contribution >= 0.6 is 0 Å². The Hall–Kier alpha value is -4.11. The Balaban J connectivity index is 1.57. The van der Waals surface area contributed by atoms with Crippen molar-refractivity contribution < 1.29 is 19.0 Å². The Labute approximate surface area is 222 Å². The molecule has 4 aromatic rings. The summed E-state index contributed by atoms with van der Waals surface area (Å²) < 4.78 is 18.8. The van der Waals surface area contributed by atoms with E-state index in [-0.39, 0.29) is 5.92 Å². The van der Waals surface area contributed by atoms with Gasteiger partial charge < -0.3 is 24.8 Å². The van der Waals surface area contributed by atoms with E-state index < -0.39 is 11.5 Å². The quantitative estimate of drug-likeness (QED) is 0.380. The molecule has 3 heterocycles. The number of hydrogen-bond acceptors (Lipinski definition) is 7. The zero-order chi connectivity index (χ0) is 27.0. The lowest BCUT2D eigenvalue weighted by Crippen LogP contribution is -2.49. The predicted molar refractivity (Wildman–Crippen MR) is 146 cm³/mol. The number of imidazole rings is 1. The van der Waals surface area contributed by atoms with Crippen LogP contribution in [0.15, 0.2) is 54.6 Å². The number of nitrogens with zero attached hydrogens (tertiary/aromatic N) is 4. The molecule has 5 rings (SSSR count). The van der Waals surface area contributed by atoms with Crippen molar-refractivity contribution in [2.75, 3.05) is 39.3 Å². The Morgan fingerprint density at radius 1 is 1.03 bits per heavy atom. The number of rotatable bonds is 8. The minimum atomic E-state index is -1.22. The Bertz CT molecular complexity index is 1490. The largest absolute Gasteiger partial charge is 0.493 e. The highest BCUT2D eigenvalue weighted by Crippen LogP contribution is 2.41. The number of carbonyl (C=O) groups excluding carboxylic acids is 1. The summed E-state index contributed by atoms with van der Waals surface area (Å²) in [7, 11) is 4.79. The molecule has 1 fully saturated rings. The van der Waals surface area contributed by atoms with Gasteiger partial charge in [0.15, 0.2) is 22.7 Å². The smallest absolute Gasteiger partial charge is 0.254 e. The molecule has 2 N–H and O–H groups in total. The summed E-state index contributed by atoms with van der Waals surface area (Å²) in [5.41, 5.74) is 10.8. The van der Waals surface area contributed by atoms with Gasteiger partial charge in [0.05, 0.1) is 37.0 Å². The van der Waals surface area contributed by atoms with Gasteiger partial charge in [-0.25, -0.2) is 9.50 Å². The lowest BCUT2D eigenvalue weighted by Gasteiger charge is -2.35. The van der Waals surface area contributed by atoms with Gasteiger partial charge in [-0.15, -0.1) is 0 Å². The molecule has 1 saturated heterocycles. The number of aryl methyl sites for hydroxylation is 2. The van der Waals surface area contributed by atoms with Crippen LogP contribution in [0.5, 0.6) is 11.5 Å². The van der Waals surface area contributed by atoms with Crippen molar-refractivity contribution in [3.63, 3.8) is 0 Å². The van der Waals surface area contributed by atoms with E-state index in [2.05, 4.69) is 4.90 Å². The summed E-state index contributed by atoms with van der Waals surface area (Å²) in [5.74, 6) is 0.673. The number of amides is 1. The first-order valence-electron chi connectivity index (χ1n) is 12.6. The Kier molecular flexibility index (Phi) is 6.71. The van der Waals surface area contributed by atoms with Crippen LogP contribution in [0.2, 0.25) is 0 Å². The highest BCUT2D eigenvalue weighted by atomic mass is 16.5. The summed E-state index contributed by atoms with van der Waals surface area (Å²) in [6.07, 6.45) is 0.738. The van der Waals surface area contributed by atoms with Crippen molar-refractivity contribution in [2.45, 2.75) is 25.9 Å². The van der Waals surface area contributed by atoms with Gasteiger partial charge in [0.2, 0.25) is 0 Å². The maximum Gasteiger partial charge on any atom is 0.254 e. The fourth-order valence-corrected chi connectivity index (χ4v) is 5.74. The number of fused-ring (bicyclic) bond motifs is 1. The molecule has 0 spiro atoms. The monoisotopic (exact) mass is 515 g/mol. The number of carbonyl (C=O) groups is 1. The van der Waals surface area contributed by atoms with E-state index >= 15 is 0 Å². The van der Waals surface area contributed by atoms with Gasteiger partial charge >= 0.3 is 0 Å². The van der Waals surface area contributed by atoms with Crippen molar-refractivity contribution in [1.82, 2.24) is 14.6 Å². The van der Waals surface area contributed by atoms with E-state index in [1.54, 1.807) is 21.3 Å². The number of methoxy groups -OCH3 is 3. The van der Waals surface area contributed by atoms with Crippen LogP contribution < -0.4 is 20.1 Å². The van der Waals surface area contributed by atoms with E-state index in [0.29, 0.717) is 18.0 Å². The van der Waals surface area contributed by atoms with Crippen LogP contribution in [0.3, 0.4) is 0 Å². The second kappa shape index (κ2) is 9.98. The molecule has 0 radical (unpaired) electrons. The van der Waals surface area contributed by atoms with Crippen molar-refractivity contribution in [1.29, 1.82) is 0 Å². The number of nitrogens with two attached hydrogens (primary N) is 1. The van der Waals surface area contributed by atoms with Crippen molar-refractivity contribution in [3.05, 3.63) is 71.5 Å². The molecular formula is C29H33N5O4. The molecule has 2 atom stereocenters. The molecule has 1 aliphatic rings. The van der Waals surface area contributed by atoms with Crippen molar-refractivity contribution in [3.8, 4) is 22.8 Å². The Morgan fingerprint density at radius 3 is 2.42 bits per heavy atom. The fraction of sp³-hybridized carbons (Fsp3) is 0.345. The normalized spacial score (nSPS) is 17.0. The van der Waals surface area contributed by atoms with Gasteiger partial charge in [-0.1, -0.05) is 30.3 Å². The number of aromatic nitrogens is 3. The van der Waals surface area contributed by atoms with Crippen LogP contribution in [0.4, 0.5) is 5.69 Å². The second-order valence-electron chi connectivity index (χ2n) is 9.62. The highest BCUT2D eigenvalue weighted by Gasteiger charge is 2.49. The van der Waals surface area contributed by atoms with Gasteiger partial charge in [0.25, 0.3) is 5.91 Å². The van der Waals surface area contributed by atoms with Crippen LogP contribution in [-0.2, 0) is 15.1 Å². The van der Waals surface area contributed by atoms with E-state index in [0.717, 1.165) is 52.5 Å². The highest BCUT2D eigenvalue weighted by molar-refractivity contribution is 5.86. The minimum Gasteiger partial charge on any atom is -0.493 e. The first-order chi connectivity index (χ1) is 18.3. The number of benzene rings is 2. The average Bonchev–Trinajstić information content (AvgIpc) is 3.54. The third-order valence-electron chi connectivity index (χ3n) is 7.51. The number of hydrogen-bond donors (Lipinski definition) is 1. The van der Waals surface area contributed by atoms with Crippen LogP contribution in [0.25, 0.3) is 16.9 Å². The first kappa shape index (κ1) is 25.5. The lowest BCUT2D eigenvalue weighted by molar-refractivity contribution is -0.148. The summed E-state index contributed by atoms with van der Waals surface area (Å²) in [5, 5.41) is 4.82. The zero-order valence-corrected chi connectivity index (χ0v) is 22.4. The third-order valence-corrected chi connectivity index (χ3v) is 7.51. The molecule has 1 amide bonds. The molecule has 9 nitrogen and oxygen atoms in total. The zero-order valence-electron chi connectivity index (χ0n) is 22.4. The fourth-order valence-electron chi connectivity index (χ4n) is 5.74. The van der Waals surface area contributed by atoms with Gasteiger partial charge in [0.1, 0.15) is 0 Å². The topological polar surface area (TPSA) is 104 Å². The molecule has 9 heteroatoms. The maximum atomic E-state index is 12.9. The number of primary amides is 1. The summed E-state index contributed by atoms with van der Waals surface area (Å²) >= 11 is 0. The SMILES string of the molecule is COc1ccc(-c2c(C)nc3c(N4CC[C@@H](C(OC)(C(N)=O)c5ccccc5)C4)cc(C)nn23)cc1OC. The summed E-state index contributed by atoms with van der Waals surface area (Å²) in [6, 6.07) is 17.4. The van der Waals surface area contributed by atoms with Crippen molar-refractivity contribution in [2.24, 2.45) is 11.7 Å².